The number of nitrogens with zero attached hydrogens (tertiary/aromatic N) is 1. The lowest BCUT2D eigenvalue weighted by Gasteiger charge is -2.40. The van der Waals surface area contributed by atoms with Crippen molar-refractivity contribution in [1.29, 1.82) is 5.26 Å². The van der Waals surface area contributed by atoms with E-state index in [1.165, 1.54) is 5.56 Å². The van der Waals surface area contributed by atoms with E-state index in [1.54, 1.807) is 0 Å². The van der Waals surface area contributed by atoms with E-state index in [1.807, 2.05) is 18.2 Å². The molecule has 2 atom stereocenters. The number of fused-ring (bicyclic) bond motifs is 1. The highest BCUT2D eigenvalue weighted by Crippen LogP contribution is 2.49. The van der Waals surface area contributed by atoms with E-state index < -0.39 is 11.0 Å². The van der Waals surface area contributed by atoms with Gasteiger partial charge in [-0.25, -0.2) is 0 Å². The molecule has 1 aliphatic carbocycles. The Morgan fingerprint density at radius 3 is 2.84 bits per heavy atom. The van der Waals surface area contributed by atoms with Crippen LogP contribution in [0.25, 0.3) is 0 Å². The first-order valence-corrected chi connectivity index (χ1v) is 7.02. The summed E-state index contributed by atoms with van der Waals surface area (Å²) < 4.78 is 5.46. The zero-order chi connectivity index (χ0) is 13.3. The summed E-state index contributed by atoms with van der Waals surface area (Å²) in [7, 11) is 0. The molecule has 0 amide bonds. The summed E-state index contributed by atoms with van der Waals surface area (Å²) in [5.41, 5.74) is 0.534. The van der Waals surface area contributed by atoms with Crippen LogP contribution in [0, 0.1) is 11.3 Å². The van der Waals surface area contributed by atoms with Crippen LogP contribution in [0.3, 0.4) is 0 Å². The van der Waals surface area contributed by atoms with Gasteiger partial charge in [0.05, 0.1) is 11.7 Å². The SMILES string of the molecule is N#CC1(C2(O)CCCOCC2)CCc2ccccc21. The van der Waals surface area contributed by atoms with Gasteiger partial charge in [0.2, 0.25) is 0 Å². The van der Waals surface area contributed by atoms with Crippen molar-refractivity contribution in [2.45, 2.75) is 43.1 Å². The van der Waals surface area contributed by atoms with Gasteiger partial charge in [0.15, 0.2) is 0 Å². The molecule has 1 aliphatic heterocycles. The number of nitriles is 1. The van der Waals surface area contributed by atoms with Crippen molar-refractivity contribution < 1.29 is 9.84 Å². The molecule has 0 saturated carbocycles. The van der Waals surface area contributed by atoms with E-state index in [0.29, 0.717) is 26.1 Å². The highest BCUT2D eigenvalue weighted by atomic mass is 16.5. The Morgan fingerprint density at radius 1 is 1.16 bits per heavy atom. The van der Waals surface area contributed by atoms with Crippen molar-refractivity contribution in [3.05, 3.63) is 35.4 Å². The van der Waals surface area contributed by atoms with E-state index in [0.717, 1.165) is 24.8 Å². The molecule has 0 bridgehead atoms. The number of hydrogen-bond donors (Lipinski definition) is 1. The summed E-state index contributed by atoms with van der Waals surface area (Å²) in [5.74, 6) is 0. The van der Waals surface area contributed by atoms with E-state index in [-0.39, 0.29) is 0 Å². The highest BCUT2D eigenvalue weighted by Gasteiger charge is 2.54. The van der Waals surface area contributed by atoms with E-state index in [2.05, 4.69) is 12.1 Å². The van der Waals surface area contributed by atoms with Crippen LogP contribution in [-0.2, 0) is 16.6 Å². The number of aliphatic hydroxyl groups is 1. The Morgan fingerprint density at radius 2 is 2.00 bits per heavy atom. The molecule has 0 radical (unpaired) electrons. The molecule has 1 aromatic rings. The molecule has 1 heterocycles. The third-order valence-corrected chi connectivity index (χ3v) is 4.77. The monoisotopic (exact) mass is 257 g/mol. The van der Waals surface area contributed by atoms with Gasteiger partial charge in [-0.05, 0) is 36.8 Å². The third kappa shape index (κ3) is 1.79. The average Bonchev–Trinajstić information content (AvgIpc) is 2.69. The third-order valence-electron chi connectivity index (χ3n) is 4.77. The normalized spacial score (nSPS) is 34.3. The molecule has 3 heteroatoms. The predicted molar refractivity (Wildman–Crippen MR) is 71.7 cm³/mol. The summed E-state index contributed by atoms with van der Waals surface area (Å²) in [6.45, 7) is 1.23. The fourth-order valence-corrected chi connectivity index (χ4v) is 3.68. The summed E-state index contributed by atoms with van der Waals surface area (Å²) in [4.78, 5) is 0. The summed E-state index contributed by atoms with van der Waals surface area (Å²) in [6.07, 6.45) is 3.62. The van der Waals surface area contributed by atoms with Gasteiger partial charge in [-0.2, -0.15) is 5.26 Å². The van der Waals surface area contributed by atoms with Crippen molar-refractivity contribution in [1.82, 2.24) is 0 Å². The largest absolute Gasteiger partial charge is 0.388 e. The van der Waals surface area contributed by atoms with Crippen LogP contribution in [0.15, 0.2) is 24.3 Å². The number of aryl methyl sites for hydroxylation is 1. The van der Waals surface area contributed by atoms with Crippen molar-refractivity contribution in [2.24, 2.45) is 0 Å². The molecule has 2 aliphatic rings. The van der Waals surface area contributed by atoms with Crippen LogP contribution in [0.5, 0.6) is 0 Å². The highest BCUT2D eigenvalue weighted by molar-refractivity contribution is 5.47. The average molecular weight is 257 g/mol. The van der Waals surface area contributed by atoms with Crippen molar-refractivity contribution >= 4 is 0 Å². The van der Waals surface area contributed by atoms with Gasteiger partial charge in [0.25, 0.3) is 0 Å². The van der Waals surface area contributed by atoms with Crippen LogP contribution in [-0.4, -0.2) is 23.9 Å². The molecular formula is C16H19NO2. The van der Waals surface area contributed by atoms with Gasteiger partial charge < -0.3 is 9.84 Å². The van der Waals surface area contributed by atoms with Crippen LogP contribution in [0.4, 0.5) is 0 Å². The standard InChI is InChI=1S/C16H19NO2/c17-12-15(16(18)7-3-10-19-11-9-16)8-6-13-4-1-2-5-14(13)15/h1-2,4-5,18H,3,6-11H2. The zero-order valence-corrected chi connectivity index (χ0v) is 11.1. The van der Waals surface area contributed by atoms with Crippen LogP contribution >= 0.6 is 0 Å². The molecule has 2 unspecified atom stereocenters. The van der Waals surface area contributed by atoms with Crippen LogP contribution in [0.1, 0.15) is 36.8 Å². The molecule has 1 N–H and O–H groups in total. The first-order chi connectivity index (χ1) is 9.22. The Labute approximate surface area is 113 Å². The maximum atomic E-state index is 11.1. The van der Waals surface area contributed by atoms with Crippen molar-refractivity contribution in [3.63, 3.8) is 0 Å². The second kappa shape index (κ2) is 4.63. The second-order valence-corrected chi connectivity index (χ2v) is 5.67. The molecule has 1 saturated heterocycles. The van der Waals surface area contributed by atoms with Crippen LogP contribution in [0.2, 0.25) is 0 Å². The molecule has 1 aromatic carbocycles. The Kier molecular flexibility index (Phi) is 3.08. The van der Waals surface area contributed by atoms with Gasteiger partial charge in [0, 0.05) is 19.6 Å². The van der Waals surface area contributed by atoms with Crippen molar-refractivity contribution in [2.75, 3.05) is 13.2 Å². The quantitative estimate of drug-likeness (QED) is 0.840. The van der Waals surface area contributed by atoms with Gasteiger partial charge in [-0.15, -0.1) is 0 Å². The lowest BCUT2D eigenvalue weighted by molar-refractivity contribution is -0.0337. The van der Waals surface area contributed by atoms with Gasteiger partial charge >= 0.3 is 0 Å². The first-order valence-electron chi connectivity index (χ1n) is 7.02. The number of ether oxygens (including phenoxy) is 1. The van der Waals surface area contributed by atoms with E-state index in [4.69, 9.17) is 4.74 Å². The minimum Gasteiger partial charge on any atom is -0.388 e. The Balaban J connectivity index is 2.08. The van der Waals surface area contributed by atoms with E-state index in [9.17, 15) is 10.4 Å². The Bertz CT molecular complexity index is 512. The minimum absolute atomic E-state index is 0.544. The summed E-state index contributed by atoms with van der Waals surface area (Å²) >= 11 is 0. The topological polar surface area (TPSA) is 53.2 Å². The molecule has 100 valence electrons. The van der Waals surface area contributed by atoms with E-state index >= 15 is 0 Å². The molecule has 0 spiro atoms. The summed E-state index contributed by atoms with van der Waals surface area (Å²) in [5, 5.41) is 21.0. The maximum absolute atomic E-state index is 11.1. The molecule has 19 heavy (non-hydrogen) atoms. The molecule has 3 nitrogen and oxygen atoms in total. The number of hydrogen-bond acceptors (Lipinski definition) is 3. The predicted octanol–water partition coefficient (Wildman–Crippen LogP) is 2.33. The fraction of sp³-hybridized carbons (Fsp3) is 0.562. The van der Waals surface area contributed by atoms with Gasteiger partial charge in [0.1, 0.15) is 5.41 Å². The molecule has 3 rings (SSSR count). The molecular weight excluding hydrogens is 238 g/mol. The second-order valence-electron chi connectivity index (χ2n) is 5.67. The molecule has 0 aromatic heterocycles. The lowest BCUT2D eigenvalue weighted by atomic mass is 9.65. The van der Waals surface area contributed by atoms with Crippen LogP contribution < -0.4 is 0 Å². The molecule has 1 fully saturated rings. The minimum atomic E-state index is -0.954. The lowest BCUT2D eigenvalue weighted by Crippen LogP contribution is -2.50. The van der Waals surface area contributed by atoms with Crippen molar-refractivity contribution in [3.8, 4) is 6.07 Å². The number of benzene rings is 1. The fourth-order valence-electron chi connectivity index (χ4n) is 3.68. The summed E-state index contributed by atoms with van der Waals surface area (Å²) in [6, 6.07) is 10.5. The first kappa shape index (κ1) is 12.7. The van der Waals surface area contributed by atoms with Gasteiger partial charge in [-0.3, -0.25) is 0 Å². The number of rotatable bonds is 1. The smallest absolute Gasteiger partial charge is 0.111 e. The Hall–Kier alpha value is -1.37. The zero-order valence-electron chi connectivity index (χ0n) is 11.1. The maximum Gasteiger partial charge on any atom is 0.111 e. The van der Waals surface area contributed by atoms with Gasteiger partial charge in [-0.1, -0.05) is 24.3 Å².